The molecule has 0 N–H and O–H groups in total. The number of benzene rings is 2. The zero-order chi connectivity index (χ0) is 17.8. The molecule has 4 rings (SSSR count). The molecule has 2 heterocycles. The van der Waals surface area contributed by atoms with Crippen molar-refractivity contribution in [2.45, 2.75) is 24.8 Å². The Morgan fingerprint density at radius 1 is 0.962 bits per heavy atom. The molecule has 3 aromatic rings. The fourth-order valence-corrected chi connectivity index (χ4v) is 4.05. The SMILES string of the molecule is O=CN1CCC(c2ccccc2)(c2nccn2Cc2ccccc2)CC1. The molecule has 1 aliphatic rings. The van der Waals surface area contributed by atoms with E-state index < -0.39 is 0 Å². The molecular formula is C22H23N3O. The van der Waals surface area contributed by atoms with Gasteiger partial charge in [-0.1, -0.05) is 60.7 Å². The summed E-state index contributed by atoms with van der Waals surface area (Å²) in [4.78, 5) is 17.9. The van der Waals surface area contributed by atoms with Gasteiger partial charge in [0.05, 0.1) is 5.41 Å². The van der Waals surface area contributed by atoms with E-state index in [0.717, 1.165) is 44.7 Å². The van der Waals surface area contributed by atoms with Crippen LogP contribution in [0.1, 0.15) is 29.8 Å². The number of hydrogen-bond donors (Lipinski definition) is 0. The standard InChI is InChI=1S/C22H23N3O/c26-18-24-14-11-22(12-15-24,20-9-5-2-6-10-20)21-23-13-16-25(21)17-19-7-3-1-4-8-19/h1-10,13,16,18H,11-12,14-15,17H2. The predicted octanol–water partition coefficient (Wildman–Crippen LogP) is 3.47. The minimum Gasteiger partial charge on any atom is -0.345 e. The van der Waals surface area contributed by atoms with Gasteiger partial charge in [-0.2, -0.15) is 0 Å². The van der Waals surface area contributed by atoms with E-state index in [9.17, 15) is 4.79 Å². The molecule has 0 aliphatic carbocycles. The van der Waals surface area contributed by atoms with Crippen molar-refractivity contribution < 1.29 is 4.79 Å². The van der Waals surface area contributed by atoms with Gasteiger partial charge in [0.1, 0.15) is 5.82 Å². The lowest BCUT2D eigenvalue weighted by Gasteiger charge is -2.41. The second kappa shape index (κ2) is 7.16. The highest BCUT2D eigenvalue weighted by Crippen LogP contribution is 2.40. The number of aromatic nitrogens is 2. The molecule has 1 fully saturated rings. The zero-order valence-electron chi connectivity index (χ0n) is 14.8. The van der Waals surface area contributed by atoms with Gasteiger partial charge in [0, 0.05) is 32.0 Å². The average molecular weight is 345 g/mol. The molecule has 1 aliphatic heterocycles. The van der Waals surface area contributed by atoms with Crippen molar-refractivity contribution in [2.75, 3.05) is 13.1 Å². The zero-order valence-corrected chi connectivity index (χ0v) is 14.8. The summed E-state index contributed by atoms with van der Waals surface area (Å²) in [5.41, 5.74) is 2.39. The first-order chi connectivity index (χ1) is 12.8. The summed E-state index contributed by atoms with van der Waals surface area (Å²) in [6, 6.07) is 21.1. The first kappa shape index (κ1) is 16.6. The highest BCUT2D eigenvalue weighted by atomic mass is 16.1. The topological polar surface area (TPSA) is 38.1 Å². The molecule has 132 valence electrons. The monoisotopic (exact) mass is 345 g/mol. The molecular weight excluding hydrogens is 322 g/mol. The first-order valence-electron chi connectivity index (χ1n) is 9.12. The van der Waals surface area contributed by atoms with Crippen LogP contribution in [0.5, 0.6) is 0 Å². The largest absolute Gasteiger partial charge is 0.345 e. The molecule has 1 aromatic heterocycles. The van der Waals surface area contributed by atoms with Gasteiger partial charge in [-0.25, -0.2) is 4.98 Å². The maximum absolute atomic E-state index is 11.2. The Morgan fingerprint density at radius 3 is 2.27 bits per heavy atom. The summed E-state index contributed by atoms with van der Waals surface area (Å²) in [5, 5.41) is 0. The molecule has 0 spiro atoms. The highest BCUT2D eigenvalue weighted by molar-refractivity contribution is 5.48. The van der Waals surface area contributed by atoms with Crippen LogP contribution in [0.15, 0.2) is 73.1 Å². The van der Waals surface area contributed by atoms with Crippen LogP contribution in [0.2, 0.25) is 0 Å². The Balaban J connectivity index is 1.74. The Morgan fingerprint density at radius 2 is 1.62 bits per heavy atom. The van der Waals surface area contributed by atoms with E-state index in [0.29, 0.717) is 0 Å². The van der Waals surface area contributed by atoms with E-state index in [-0.39, 0.29) is 5.41 Å². The van der Waals surface area contributed by atoms with Crippen molar-refractivity contribution in [3.8, 4) is 0 Å². The lowest BCUT2D eigenvalue weighted by atomic mass is 9.72. The molecule has 0 bridgehead atoms. The molecule has 1 amide bonds. The summed E-state index contributed by atoms with van der Waals surface area (Å²) < 4.78 is 2.26. The molecule has 4 nitrogen and oxygen atoms in total. The molecule has 0 saturated carbocycles. The first-order valence-corrected chi connectivity index (χ1v) is 9.12. The minimum absolute atomic E-state index is 0.154. The third-order valence-electron chi connectivity index (χ3n) is 5.47. The van der Waals surface area contributed by atoms with Gasteiger partial charge in [-0.15, -0.1) is 0 Å². The van der Waals surface area contributed by atoms with Crippen LogP contribution in [-0.4, -0.2) is 34.0 Å². The van der Waals surface area contributed by atoms with Crippen LogP contribution < -0.4 is 0 Å². The van der Waals surface area contributed by atoms with Crippen molar-refractivity contribution in [2.24, 2.45) is 0 Å². The van der Waals surface area contributed by atoms with Gasteiger partial charge in [0.25, 0.3) is 0 Å². The smallest absolute Gasteiger partial charge is 0.209 e. The fourth-order valence-electron chi connectivity index (χ4n) is 4.05. The van der Waals surface area contributed by atoms with E-state index in [1.54, 1.807) is 0 Å². The van der Waals surface area contributed by atoms with Gasteiger partial charge in [0.15, 0.2) is 0 Å². The van der Waals surface area contributed by atoms with Crippen LogP contribution in [0, 0.1) is 0 Å². The van der Waals surface area contributed by atoms with Gasteiger partial charge in [0.2, 0.25) is 6.41 Å². The number of imidazole rings is 1. The molecule has 4 heteroatoms. The van der Waals surface area contributed by atoms with Crippen molar-refractivity contribution in [3.05, 3.63) is 90.0 Å². The van der Waals surface area contributed by atoms with Gasteiger partial charge < -0.3 is 9.47 Å². The Hall–Kier alpha value is -2.88. The molecule has 0 atom stereocenters. The lowest BCUT2D eigenvalue weighted by molar-refractivity contribution is -0.119. The maximum atomic E-state index is 11.2. The average Bonchev–Trinajstić information content (AvgIpc) is 3.18. The number of amides is 1. The number of carbonyl (C=O) groups is 1. The summed E-state index contributed by atoms with van der Waals surface area (Å²) in [7, 11) is 0. The predicted molar refractivity (Wildman–Crippen MR) is 102 cm³/mol. The number of rotatable bonds is 5. The van der Waals surface area contributed by atoms with Crippen LogP contribution in [0.3, 0.4) is 0 Å². The van der Waals surface area contributed by atoms with E-state index in [1.807, 2.05) is 23.2 Å². The fraction of sp³-hybridized carbons (Fsp3) is 0.273. The van der Waals surface area contributed by atoms with E-state index in [2.05, 4.69) is 59.3 Å². The van der Waals surface area contributed by atoms with E-state index >= 15 is 0 Å². The van der Waals surface area contributed by atoms with Gasteiger partial charge in [-0.3, -0.25) is 4.79 Å². The number of carbonyl (C=O) groups excluding carboxylic acids is 1. The normalized spacial score (nSPS) is 16.4. The highest BCUT2D eigenvalue weighted by Gasteiger charge is 2.40. The van der Waals surface area contributed by atoms with Gasteiger partial charge in [-0.05, 0) is 24.0 Å². The summed E-state index contributed by atoms with van der Waals surface area (Å²) in [5.74, 6) is 1.10. The molecule has 2 aromatic carbocycles. The minimum atomic E-state index is -0.154. The van der Waals surface area contributed by atoms with Crippen molar-refractivity contribution in [1.29, 1.82) is 0 Å². The summed E-state index contributed by atoms with van der Waals surface area (Å²) in [6.07, 6.45) is 6.71. The maximum Gasteiger partial charge on any atom is 0.209 e. The van der Waals surface area contributed by atoms with Gasteiger partial charge >= 0.3 is 0 Å². The third-order valence-corrected chi connectivity index (χ3v) is 5.47. The number of piperidine rings is 1. The van der Waals surface area contributed by atoms with Crippen LogP contribution in [0.25, 0.3) is 0 Å². The van der Waals surface area contributed by atoms with Crippen LogP contribution in [-0.2, 0) is 16.8 Å². The van der Waals surface area contributed by atoms with Crippen molar-refractivity contribution in [3.63, 3.8) is 0 Å². The second-order valence-corrected chi connectivity index (χ2v) is 6.95. The second-order valence-electron chi connectivity index (χ2n) is 6.95. The summed E-state index contributed by atoms with van der Waals surface area (Å²) in [6.45, 7) is 2.33. The van der Waals surface area contributed by atoms with Crippen molar-refractivity contribution in [1.82, 2.24) is 14.5 Å². The molecule has 1 saturated heterocycles. The number of nitrogens with zero attached hydrogens (tertiary/aromatic N) is 3. The lowest BCUT2D eigenvalue weighted by Crippen LogP contribution is -2.44. The van der Waals surface area contributed by atoms with E-state index in [4.69, 9.17) is 4.98 Å². The molecule has 0 unspecified atom stereocenters. The van der Waals surface area contributed by atoms with Crippen LogP contribution in [0.4, 0.5) is 0 Å². The third kappa shape index (κ3) is 3.03. The van der Waals surface area contributed by atoms with E-state index in [1.165, 1.54) is 11.1 Å². The van der Waals surface area contributed by atoms with Crippen LogP contribution >= 0.6 is 0 Å². The molecule has 0 radical (unpaired) electrons. The Labute approximate surface area is 154 Å². The summed E-state index contributed by atoms with van der Waals surface area (Å²) >= 11 is 0. The quantitative estimate of drug-likeness (QED) is 0.664. The van der Waals surface area contributed by atoms with Crippen molar-refractivity contribution >= 4 is 6.41 Å². The Kier molecular flexibility index (Phi) is 4.57. The number of likely N-dealkylation sites (tertiary alicyclic amines) is 1. The molecule has 26 heavy (non-hydrogen) atoms. The Bertz CT molecular complexity index is 849. The number of hydrogen-bond acceptors (Lipinski definition) is 2.